The number of halogens is 1. The minimum atomic E-state index is -0.542. The molecule has 0 saturated carbocycles. The summed E-state index contributed by atoms with van der Waals surface area (Å²) in [6, 6.07) is 19.2. The molecule has 0 saturated heterocycles. The lowest BCUT2D eigenvalue weighted by atomic mass is 10.1. The maximum absolute atomic E-state index is 12.1. The Labute approximate surface area is 195 Å². The van der Waals surface area contributed by atoms with Crippen molar-refractivity contribution in [2.45, 2.75) is 13.8 Å². The molecule has 0 unspecified atom stereocenters. The van der Waals surface area contributed by atoms with Crippen molar-refractivity contribution in [3.8, 4) is 17.2 Å². The lowest BCUT2D eigenvalue weighted by molar-refractivity contribution is -0.136. The predicted molar refractivity (Wildman–Crippen MR) is 123 cm³/mol. The van der Waals surface area contributed by atoms with E-state index in [1.54, 1.807) is 0 Å². The van der Waals surface area contributed by atoms with E-state index in [0.717, 1.165) is 15.6 Å². The molecule has 166 valence electrons. The van der Waals surface area contributed by atoms with Crippen LogP contribution in [0.2, 0.25) is 0 Å². The van der Waals surface area contributed by atoms with Crippen molar-refractivity contribution in [3.63, 3.8) is 0 Å². The van der Waals surface area contributed by atoms with Gasteiger partial charge in [0.1, 0.15) is 30.5 Å². The number of benzene rings is 3. The van der Waals surface area contributed by atoms with Crippen LogP contribution in [0.3, 0.4) is 0 Å². The number of aryl methyl sites for hydroxylation is 2. The number of rotatable bonds is 9. The number of ether oxygens (including phenoxy) is 4. The number of carbonyl (C=O) groups excluding carboxylic acids is 2. The lowest BCUT2D eigenvalue weighted by Crippen LogP contribution is -2.18. The maximum atomic E-state index is 12.1. The van der Waals surface area contributed by atoms with Crippen molar-refractivity contribution in [1.29, 1.82) is 0 Å². The second kappa shape index (κ2) is 11.3. The predicted octanol–water partition coefficient (Wildman–Crippen LogP) is 5.29. The van der Waals surface area contributed by atoms with E-state index in [4.69, 9.17) is 18.9 Å². The molecule has 0 aliphatic rings. The fraction of sp³-hybridized carbons (Fsp3) is 0.200. The Bertz CT molecular complexity index is 1040. The first-order chi connectivity index (χ1) is 15.4. The van der Waals surface area contributed by atoms with Gasteiger partial charge in [-0.3, -0.25) is 0 Å². The van der Waals surface area contributed by atoms with Gasteiger partial charge < -0.3 is 18.9 Å². The quantitative estimate of drug-likeness (QED) is 0.227. The van der Waals surface area contributed by atoms with Crippen LogP contribution in [0, 0.1) is 13.8 Å². The largest absolute Gasteiger partial charge is 0.490 e. The molecule has 0 aliphatic carbocycles. The van der Waals surface area contributed by atoms with Crippen LogP contribution in [0.5, 0.6) is 17.2 Å². The van der Waals surface area contributed by atoms with Crippen molar-refractivity contribution < 1.29 is 28.5 Å². The van der Waals surface area contributed by atoms with Gasteiger partial charge in [0.15, 0.2) is 6.61 Å². The molecule has 6 nitrogen and oxygen atoms in total. The monoisotopic (exact) mass is 498 g/mol. The summed E-state index contributed by atoms with van der Waals surface area (Å²) in [7, 11) is 0. The van der Waals surface area contributed by atoms with Gasteiger partial charge in [0.05, 0.1) is 5.56 Å². The zero-order valence-corrected chi connectivity index (χ0v) is 19.4. The Balaban J connectivity index is 1.43. The molecular formula is C25H23BrO6. The number of hydrogen-bond donors (Lipinski definition) is 0. The van der Waals surface area contributed by atoms with Gasteiger partial charge in [-0.2, -0.15) is 0 Å². The van der Waals surface area contributed by atoms with Crippen LogP contribution in [-0.2, 0) is 9.53 Å². The van der Waals surface area contributed by atoms with Crippen LogP contribution in [0.25, 0.3) is 0 Å². The summed E-state index contributed by atoms with van der Waals surface area (Å²) >= 11 is 3.43. The second-order valence-corrected chi connectivity index (χ2v) is 7.87. The van der Waals surface area contributed by atoms with E-state index in [9.17, 15) is 9.59 Å². The summed E-state index contributed by atoms with van der Waals surface area (Å²) in [5.41, 5.74) is 2.19. The minimum absolute atomic E-state index is 0.122. The third kappa shape index (κ3) is 6.85. The first kappa shape index (κ1) is 23.3. The molecule has 0 amide bonds. The summed E-state index contributed by atoms with van der Waals surface area (Å²) in [6.07, 6.45) is 0. The van der Waals surface area contributed by atoms with Crippen LogP contribution in [-0.4, -0.2) is 31.8 Å². The molecule has 0 bridgehead atoms. The molecule has 0 atom stereocenters. The third-order valence-corrected chi connectivity index (χ3v) is 4.87. The molecule has 0 fully saturated rings. The van der Waals surface area contributed by atoms with Crippen LogP contribution in [0.1, 0.15) is 21.5 Å². The molecule has 0 aromatic heterocycles. The van der Waals surface area contributed by atoms with Gasteiger partial charge in [-0.05, 0) is 73.5 Å². The Hall–Kier alpha value is -3.32. The Morgan fingerprint density at radius 2 is 1.47 bits per heavy atom. The van der Waals surface area contributed by atoms with Crippen LogP contribution in [0.15, 0.2) is 71.2 Å². The molecule has 0 spiro atoms. The van der Waals surface area contributed by atoms with Crippen molar-refractivity contribution in [2.75, 3.05) is 19.8 Å². The van der Waals surface area contributed by atoms with E-state index in [2.05, 4.69) is 15.9 Å². The maximum Gasteiger partial charge on any atom is 0.349 e. The molecule has 3 aromatic rings. The average molecular weight is 499 g/mol. The molecule has 3 aromatic carbocycles. The Kier molecular flexibility index (Phi) is 8.27. The molecule has 32 heavy (non-hydrogen) atoms. The number of esters is 2. The molecule has 0 radical (unpaired) electrons. The van der Waals surface area contributed by atoms with Gasteiger partial charge in [0.2, 0.25) is 0 Å². The van der Waals surface area contributed by atoms with Crippen LogP contribution >= 0.6 is 15.9 Å². The minimum Gasteiger partial charge on any atom is -0.490 e. The highest BCUT2D eigenvalue weighted by Gasteiger charge is 2.12. The summed E-state index contributed by atoms with van der Waals surface area (Å²) in [5.74, 6) is 0.652. The third-order valence-electron chi connectivity index (χ3n) is 4.41. The van der Waals surface area contributed by atoms with Gasteiger partial charge in [-0.25, -0.2) is 9.59 Å². The van der Waals surface area contributed by atoms with Crippen molar-refractivity contribution in [1.82, 2.24) is 0 Å². The van der Waals surface area contributed by atoms with E-state index < -0.39 is 11.9 Å². The summed E-state index contributed by atoms with van der Waals surface area (Å²) in [5, 5.41) is 0. The molecular weight excluding hydrogens is 476 g/mol. The zero-order valence-electron chi connectivity index (χ0n) is 17.8. The van der Waals surface area contributed by atoms with E-state index in [1.807, 2.05) is 56.3 Å². The van der Waals surface area contributed by atoms with Crippen molar-refractivity contribution in [2.24, 2.45) is 0 Å². The van der Waals surface area contributed by atoms with E-state index in [0.29, 0.717) is 22.8 Å². The standard InChI is InChI=1S/C25H23BrO6/c1-17-14-20(26)15-18(2)24(17)31-16-23(27)32-22-10-8-19(9-11-22)25(28)30-13-12-29-21-6-4-3-5-7-21/h3-11,14-15H,12-13,16H2,1-2H3. The Morgan fingerprint density at radius 1 is 0.812 bits per heavy atom. The fourth-order valence-corrected chi connectivity index (χ4v) is 3.66. The topological polar surface area (TPSA) is 71.1 Å². The first-order valence-electron chi connectivity index (χ1n) is 9.97. The van der Waals surface area contributed by atoms with Crippen molar-refractivity contribution >= 4 is 27.9 Å². The van der Waals surface area contributed by atoms with Gasteiger partial charge >= 0.3 is 11.9 Å². The first-order valence-corrected chi connectivity index (χ1v) is 10.8. The highest BCUT2D eigenvalue weighted by molar-refractivity contribution is 9.10. The normalized spacial score (nSPS) is 10.3. The van der Waals surface area contributed by atoms with Gasteiger partial charge in [-0.1, -0.05) is 34.1 Å². The van der Waals surface area contributed by atoms with Gasteiger partial charge in [-0.15, -0.1) is 0 Å². The summed E-state index contributed by atoms with van der Waals surface area (Å²) < 4.78 is 22.5. The molecule has 7 heteroatoms. The average Bonchev–Trinajstić information content (AvgIpc) is 2.77. The molecule has 0 N–H and O–H groups in total. The van der Waals surface area contributed by atoms with Crippen LogP contribution < -0.4 is 14.2 Å². The molecule has 0 heterocycles. The zero-order chi connectivity index (χ0) is 22.9. The van der Waals surface area contributed by atoms with E-state index in [-0.39, 0.29) is 19.8 Å². The SMILES string of the molecule is Cc1cc(Br)cc(C)c1OCC(=O)Oc1ccc(C(=O)OCCOc2ccccc2)cc1. The van der Waals surface area contributed by atoms with Gasteiger partial charge in [0.25, 0.3) is 0 Å². The van der Waals surface area contributed by atoms with Gasteiger partial charge in [0, 0.05) is 4.47 Å². The smallest absolute Gasteiger partial charge is 0.349 e. The summed E-state index contributed by atoms with van der Waals surface area (Å²) in [6.45, 7) is 3.96. The van der Waals surface area contributed by atoms with Crippen LogP contribution in [0.4, 0.5) is 0 Å². The number of para-hydroxylation sites is 1. The highest BCUT2D eigenvalue weighted by Crippen LogP contribution is 2.27. The highest BCUT2D eigenvalue weighted by atomic mass is 79.9. The summed E-state index contributed by atoms with van der Waals surface area (Å²) in [4.78, 5) is 24.3. The fourth-order valence-electron chi connectivity index (χ4n) is 2.97. The Morgan fingerprint density at radius 3 is 2.12 bits per heavy atom. The van der Waals surface area contributed by atoms with E-state index in [1.165, 1.54) is 24.3 Å². The number of hydrogen-bond acceptors (Lipinski definition) is 6. The van der Waals surface area contributed by atoms with E-state index >= 15 is 0 Å². The van der Waals surface area contributed by atoms with Crippen molar-refractivity contribution in [3.05, 3.63) is 87.9 Å². The molecule has 0 aliphatic heterocycles. The number of carbonyl (C=O) groups is 2. The second-order valence-electron chi connectivity index (χ2n) is 6.95. The lowest BCUT2D eigenvalue weighted by Gasteiger charge is -2.12. The molecule has 3 rings (SSSR count).